The van der Waals surface area contributed by atoms with Crippen molar-refractivity contribution in [3.8, 4) is 5.75 Å². The fourth-order valence-corrected chi connectivity index (χ4v) is 4.10. The van der Waals surface area contributed by atoms with Gasteiger partial charge in [0.25, 0.3) is 0 Å². The molecule has 1 saturated heterocycles. The van der Waals surface area contributed by atoms with Crippen LogP contribution in [0, 0.1) is 0 Å². The minimum absolute atomic E-state index is 0.304. The zero-order valence-electron chi connectivity index (χ0n) is 13.6. The lowest BCUT2D eigenvalue weighted by Crippen LogP contribution is -2.55. The molecule has 1 heterocycles. The molecule has 1 aliphatic rings. The van der Waals surface area contributed by atoms with Gasteiger partial charge in [0, 0.05) is 6.42 Å². The highest BCUT2D eigenvalue weighted by Crippen LogP contribution is 2.35. The van der Waals surface area contributed by atoms with Crippen molar-refractivity contribution >= 4 is 11.8 Å². The first-order valence-corrected chi connectivity index (χ1v) is 9.13. The van der Waals surface area contributed by atoms with E-state index in [0.717, 1.165) is 22.9 Å². The predicted molar refractivity (Wildman–Crippen MR) is 96.6 cm³/mol. The molecule has 4 N–H and O–H groups in total. The first kappa shape index (κ1) is 18.2. The third kappa shape index (κ3) is 4.16. The van der Waals surface area contributed by atoms with Crippen LogP contribution in [0.4, 0.5) is 0 Å². The summed E-state index contributed by atoms with van der Waals surface area (Å²) in [6.07, 6.45) is -3.11. The quantitative estimate of drug-likeness (QED) is 0.639. The minimum Gasteiger partial charge on any atom is -0.477 e. The molecule has 1 fully saturated rings. The van der Waals surface area contributed by atoms with Crippen LogP contribution in [0.1, 0.15) is 11.1 Å². The van der Waals surface area contributed by atoms with Gasteiger partial charge >= 0.3 is 0 Å². The van der Waals surface area contributed by atoms with E-state index in [1.54, 1.807) is 0 Å². The van der Waals surface area contributed by atoms with Crippen LogP contribution in [0.25, 0.3) is 0 Å². The lowest BCUT2D eigenvalue weighted by atomic mass is 10.0. The molecule has 0 saturated carbocycles. The monoisotopic (exact) mass is 362 g/mol. The smallest absolute Gasteiger partial charge is 0.173 e. The Hall–Kier alpha value is -1.57. The zero-order chi connectivity index (χ0) is 17.8. The Labute approximate surface area is 150 Å². The van der Waals surface area contributed by atoms with Gasteiger partial charge in [0.15, 0.2) is 5.44 Å². The molecule has 0 unspecified atom stereocenters. The van der Waals surface area contributed by atoms with Gasteiger partial charge in [0.2, 0.25) is 0 Å². The molecule has 0 radical (unpaired) electrons. The van der Waals surface area contributed by atoms with Crippen LogP contribution in [0.15, 0.2) is 54.6 Å². The summed E-state index contributed by atoms with van der Waals surface area (Å²) in [5.41, 5.74) is 1.33. The summed E-state index contributed by atoms with van der Waals surface area (Å²) in [6, 6.07) is 17.5. The average Bonchev–Trinajstić information content (AvgIpc) is 2.64. The molecule has 134 valence electrons. The molecule has 2 aromatic rings. The van der Waals surface area contributed by atoms with Gasteiger partial charge in [-0.15, -0.1) is 11.8 Å². The largest absolute Gasteiger partial charge is 0.477 e. The van der Waals surface area contributed by atoms with Crippen LogP contribution in [-0.4, -0.2) is 56.0 Å². The van der Waals surface area contributed by atoms with Crippen molar-refractivity contribution in [2.75, 3.05) is 6.61 Å². The molecule has 0 aliphatic carbocycles. The van der Waals surface area contributed by atoms with Crippen LogP contribution < -0.4 is 4.74 Å². The van der Waals surface area contributed by atoms with E-state index in [9.17, 15) is 20.4 Å². The number of hydrogen-bond donors (Lipinski definition) is 4. The normalized spacial score (nSPS) is 29.4. The summed E-state index contributed by atoms with van der Waals surface area (Å²) in [7, 11) is 0. The van der Waals surface area contributed by atoms with E-state index in [2.05, 4.69) is 0 Å². The van der Waals surface area contributed by atoms with Crippen molar-refractivity contribution in [1.29, 1.82) is 0 Å². The summed E-state index contributed by atoms with van der Waals surface area (Å²) < 4.78 is 5.95. The van der Waals surface area contributed by atoms with Crippen LogP contribution >= 0.6 is 11.8 Å². The zero-order valence-corrected chi connectivity index (χ0v) is 14.4. The molecule has 6 heteroatoms. The van der Waals surface area contributed by atoms with E-state index in [1.807, 2.05) is 54.6 Å². The van der Waals surface area contributed by atoms with Crippen molar-refractivity contribution in [3.05, 3.63) is 65.7 Å². The second-order valence-corrected chi connectivity index (χ2v) is 7.43. The Balaban J connectivity index is 1.78. The van der Waals surface area contributed by atoms with E-state index < -0.39 is 29.0 Å². The Morgan fingerprint density at radius 2 is 1.52 bits per heavy atom. The summed E-state index contributed by atoms with van der Waals surface area (Å²) in [5, 5.41) is 38.9. The Morgan fingerprint density at radius 1 is 0.840 bits per heavy atom. The maximum Gasteiger partial charge on any atom is 0.173 e. The lowest BCUT2D eigenvalue weighted by Gasteiger charge is -2.39. The molecule has 1 aliphatic heterocycles. The third-order valence-corrected chi connectivity index (χ3v) is 5.72. The second kappa shape index (κ2) is 8.21. The highest BCUT2D eigenvalue weighted by Gasteiger charge is 2.44. The Bertz CT molecular complexity index is 679. The van der Waals surface area contributed by atoms with Crippen molar-refractivity contribution in [3.63, 3.8) is 0 Å². The van der Waals surface area contributed by atoms with Crippen molar-refractivity contribution in [2.45, 2.75) is 35.4 Å². The number of aliphatic hydroxyl groups excluding tert-OH is 4. The molecule has 5 nitrogen and oxygen atoms in total. The topological polar surface area (TPSA) is 90.2 Å². The molecule has 0 aromatic heterocycles. The predicted octanol–water partition coefficient (Wildman–Crippen LogP) is 1.17. The SMILES string of the molecule is OC[C@H]1S[C@@H](Oc2ccccc2Cc2ccccc2)[C@H](O)[C@@H](O)[C@@H]1O. The van der Waals surface area contributed by atoms with Gasteiger partial charge in [-0.2, -0.15) is 0 Å². The highest BCUT2D eigenvalue weighted by molar-refractivity contribution is 8.00. The number of rotatable bonds is 5. The minimum atomic E-state index is -1.36. The van der Waals surface area contributed by atoms with E-state index in [0.29, 0.717) is 12.2 Å². The first-order chi connectivity index (χ1) is 12.1. The fraction of sp³-hybridized carbons (Fsp3) is 0.368. The van der Waals surface area contributed by atoms with Crippen LogP contribution in [-0.2, 0) is 6.42 Å². The molecule has 2 aromatic carbocycles. The number of aliphatic hydroxyl groups is 4. The molecule has 5 atom stereocenters. The lowest BCUT2D eigenvalue weighted by molar-refractivity contribution is -0.0910. The summed E-state index contributed by atoms with van der Waals surface area (Å²) in [6.45, 7) is -0.304. The number of thioether (sulfide) groups is 1. The van der Waals surface area contributed by atoms with E-state index in [-0.39, 0.29) is 6.61 Å². The maximum atomic E-state index is 10.2. The first-order valence-electron chi connectivity index (χ1n) is 8.19. The molecule has 25 heavy (non-hydrogen) atoms. The molecule has 0 amide bonds. The number of benzene rings is 2. The molecular formula is C19H22O5S. The third-order valence-electron chi connectivity index (χ3n) is 4.30. The number of para-hydroxylation sites is 1. The molecular weight excluding hydrogens is 340 g/mol. The second-order valence-electron chi connectivity index (χ2n) is 6.09. The van der Waals surface area contributed by atoms with Crippen LogP contribution in [0.2, 0.25) is 0 Å². The van der Waals surface area contributed by atoms with E-state index >= 15 is 0 Å². The van der Waals surface area contributed by atoms with Gasteiger partial charge in [-0.1, -0.05) is 48.5 Å². The summed E-state index contributed by atoms with van der Waals surface area (Å²) in [4.78, 5) is 0. The number of hydrogen-bond acceptors (Lipinski definition) is 6. The van der Waals surface area contributed by atoms with Gasteiger partial charge in [-0.3, -0.25) is 0 Å². The van der Waals surface area contributed by atoms with Crippen LogP contribution in [0.3, 0.4) is 0 Å². The maximum absolute atomic E-state index is 10.2. The van der Waals surface area contributed by atoms with E-state index in [4.69, 9.17) is 4.74 Å². The molecule has 3 rings (SSSR count). The Kier molecular flexibility index (Phi) is 5.98. The molecule has 0 spiro atoms. The van der Waals surface area contributed by atoms with Gasteiger partial charge in [-0.05, 0) is 17.2 Å². The molecule has 0 bridgehead atoms. The van der Waals surface area contributed by atoms with Crippen LogP contribution in [0.5, 0.6) is 5.75 Å². The van der Waals surface area contributed by atoms with Gasteiger partial charge in [0.05, 0.1) is 18.0 Å². The van der Waals surface area contributed by atoms with Gasteiger partial charge < -0.3 is 25.2 Å². The summed E-state index contributed by atoms with van der Waals surface area (Å²) in [5.74, 6) is 0.614. The van der Waals surface area contributed by atoms with Gasteiger partial charge in [-0.25, -0.2) is 0 Å². The van der Waals surface area contributed by atoms with Gasteiger partial charge in [0.1, 0.15) is 18.0 Å². The van der Waals surface area contributed by atoms with Crippen molar-refractivity contribution in [2.24, 2.45) is 0 Å². The fourth-order valence-electron chi connectivity index (χ4n) is 2.87. The highest BCUT2D eigenvalue weighted by atomic mass is 32.2. The Morgan fingerprint density at radius 3 is 2.24 bits per heavy atom. The van der Waals surface area contributed by atoms with E-state index in [1.165, 1.54) is 0 Å². The summed E-state index contributed by atoms with van der Waals surface area (Å²) >= 11 is 1.13. The average molecular weight is 362 g/mol. The van der Waals surface area contributed by atoms with Crippen molar-refractivity contribution in [1.82, 2.24) is 0 Å². The standard InChI is InChI=1S/C19H22O5S/c20-11-15-16(21)17(22)18(23)19(25-15)24-14-9-5-4-8-13(14)10-12-6-2-1-3-7-12/h1-9,15-23H,10-11H2/t15-,16-,17+,18-,19-/m1/s1. The van der Waals surface area contributed by atoms with Crippen molar-refractivity contribution < 1.29 is 25.2 Å². The number of ether oxygens (including phenoxy) is 1.